The van der Waals surface area contributed by atoms with E-state index in [1.807, 2.05) is 0 Å². The lowest BCUT2D eigenvalue weighted by Crippen LogP contribution is -2.13. The second-order valence-corrected chi connectivity index (χ2v) is 6.54. The number of carboxylic acid groups (broad SMARTS) is 2. The highest BCUT2D eigenvalue weighted by atomic mass is 32.2. The number of aromatic carboxylic acids is 1. The molecule has 0 unspecified atom stereocenters. The van der Waals surface area contributed by atoms with Gasteiger partial charge in [-0.3, -0.25) is 9.52 Å². The molecule has 4 N–H and O–H groups in total. The van der Waals surface area contributed by atoms with Crippen LogP contribution in [-0.4, -0.2) is 35.7 Å². The minimum atomic E-state index is -4.07. The minimum absolute atomic E-state index is 0.0692. The highest BCUT2D eigenvalue weighted by Gasteiger charge is 2.17. The molecule has 0 aliphatic carbocycles. The second kappa shape index (κ2) is 6.59. The molecule has 0 radical (unpaired) electrons. The predicted octanol–water partition coefficient (Wildman–Crippen LogP) is 1.52. The van der Waals surface area contributed by atoms with E-state index in [0.29, 0.717) is 5.56 Å². The molecule has 0 saturated carbocycles. The summed E-state index contributed by atoms with van der Waals surface area (Å²) < 4.78 is 26.7. The van der Waals surface area contributed by atoms with Crippen LogP contribution in [0.5, 0.6) is 5.75 Å². The Morgan fingerprint density at radius 3 is 2.17 bits per heavy atom. The van der Waals surface area contributed by atoms with E-state index in [4.69, 9.17) is 10.2 Å². The van der Waals surface area contributed by atoms with Gasteiger partial charge >= 0.3 is 11.9 Å². The van der Waals surface area contributed by atoms with Crippen molar-refractivity contribution >= 4 is 27.6 Å². The Hall–Kier alpha value is -3.07. The standard InChI is InChI=1S/C15H13NO7S/c17-13-6-1-9(8-14(18)19)7-12(13)16-24(22,23)11-4-2-10(3-5-11)15(20)21/h1-7,16-17H,8H2,(H,18,19)(H,20,21). The molecule has 2 rings (SSSR count). The molecule has 24 heavy (non-hydrogen) atoms. The average Bonchev–Trinajstić information content (AvgIpc) is 2.50. The van der Waals surface area contributed by atoms with Crippen LogP contribution in [-0.2, 0) is 21.2 Å². The summed E-state index contributed by atoms with van der Waals surface area (Å²) in [5.74, 6) is -2.65. The minimum Gasteiger partial charge on any atom is -0.506 e. The number of carboxylic acids is 2. The van der Waals surface area contributed by atoms with Crippen LogP contribution in [0.1, 0.15) is 15.9 Å². The number of aromatic hydroxyl groups is 1. The van der Waals surface area contributed by atoms with Crippen LogP contribution >= 0.6 is 0 Å². The number of sulfonamides is 1. The molecule has 0 amide bonds. The summed E-state index contributed by atoms with van der Waals surface area (Å²) in [6.07, 6.45) is -0.331. The summed E-state index contributed by atoms with van der Waals surface area (Å²) in [6.45, 7) is 0. The topological polar surface area (TPSA) is 141 Å². The van der Waals surface area contributed by atoms with Crippen molar-refractivity contribution in [3.8, 4) is 5.75 Å². The van der Waals surface area contributed by atoms with Crippen LogP contribution in [0.4, 0.5) is 5.69 Å². The Labute approximate surface area is 137 Å². The van der Waals surface area contributed by atoms with Crippen LogP contribution in [0.2, 0.25) is 0 Å². The normalized spacial score (nSPS) is 11.0. The molecular weight excluding hydrogens is 338 g/mol. The van der Waals surface area contributed by atoms with E-state index in [9.17, 15) is 23.1 Å². The Morgan fingerprint density at radius 2 is 1.62 bits per heavy atom. The van der Waals surface area contributed by atoms with Crippen molar-refractivity contribution in [1.82, 2.24) is 0 Å². The quantitative estimate of drug-likeness (QED) is 0.578. The highest BCUT2D eigenvalue weighted by Crippen LogP contribution is 2.27. The number of benzene rings is 2. The van der Waals surface area contributed by atoms with Gasteiger partial charge in [0.2, 0.25) is 0 Å². The Kier molecular flexibility index (Phi) is 4.74. The summed E-state index contributed by atoms with van der Waals surface area (Å²) in [5.41, 5.74) is 0.0653. The van der Waals surface area contributed by atoms with E-state index in [2.05, 4.69) is 4.72 Å². The lowest BCUT2D eigenvalue weighted by Gasteiger charge is -2.11. The summed E-state index contributed by atoms with van der Waals surface area (Å²) in [6, 6.07) is 8.27. The first-order chi connectivity index (χ1) is 11.2. The molecule has 0 aliphatic heterocycles. The molecule has 126 valence electrons. The van der Waals surface area contributed by atoms with Crippen molar-refractivity contribution in [3.63, 3.8) is 0 Å². The Balaban J connectivity index is 2.31. The number of phenols is 1. The molecule has 0 aromatic heterocycles. The van der Waals surface area contributed by atoms with E-state index in [1.54, 1.807) is 0 Å². The first kappa shape index (κ1) is 17.3. The SMILES string of the molecule is O=C(O)Cc1ccc(O)c(NS(=O)(=O)c2ccc(C(=O)O)cc2)c1. The lowest BCUT2D eigenvalue weighted by molar-refractivity contribution is -0.136. The smallest absolute Gasteiger partial charge is 0.335 e. The third kappa shape index (κ3) is 4.02. The number of phenolic OH excluding ortho intramolecular Hbond substituents is 1. The van der Waals surface area contributed by atoms with Gasteiger partial charge in [-0.25, -0.2) is 13.2 Å². The number of hydrogen-bond donors (Lipinski definition) is 4. The van der Waals surface area contributed by atoms with Gasteiger partial charge in [-0.05, 0) is 42.0 Å². The van der Waals surface area contributed by atoms with Crippen LogP contribution in [0.25, 0.3) is 0 Å². The molecule has 0 bridgehead atoms. The Morgan fingerprint density at radius 1 is 1.00 bits per heavy atom. The third-order valence-corrected chi connectivity index (χ3v) is 4.45. The zero-order chi connectivity index (χ0) is 17.9. The number of anilines is 1. The van der Waals surface area contributed by atoms with Gasteiger partial charge in [0.25, 0.3) is 10.0 Å². The van der Waals surface area contributed by atoms with Gasteiger partial charge < -0.3 is 15.3 Å². The second-order valence-electron chi connectivity index (χ2n) is 4.86. The van der Waals surface area contributed by atoms with Crippen molar-refractivity contribution < 1.29 is 33.3 Å². The van der Waals surface area contributed by atoms with Gasteiger partial charge in [0.05, 0.1) is 22.6 Å². The zero-order valence-electron chi connectivity index (χ0n) is 12.1. The first-order valence-corrected chi connectivity index (χ1v) is 8.07. The lowest BCUT2D eigenvalue weighted by atomic mass is 10.1. The fourth-order valence-corrected chi connectivity index (χ4v) is 3.00. The van der Waals surface area contributed by atoms with Crippen molar-refractivity contribution in [3.05, 3.63) is 53.6 Å². The highest BCUT2D eigenvalue weighted by molar-refractivity contribution is 7.92. The molecule has 8 nitrogen and oxygen atoms in total. The maximum Gasteiger partial charge on any atom is 0.335 e. The average molecular weight is 351 g/mol. The number of aliphatic carboxylic acids is 1. The number of carbonyl (C=O) groups is 2. The summed E-state index contributed by atoms with van der Waals surface area (Å²) in [5, 5.41) is 27.3. The number of rotatable bonds is 6. The number of hydrogen-bond acceptors (Lipinski definition) is 5. The van der Waals surface area contributed by atoms with E-state index < -0.39 is 22.0 Å². The monoisotopic (exact) mass is 351 g/mol. The maximum atomic E-state index is 12.3. The molecule has 0 spiro atoms. The molecule has 0 heterocycles. The molecular formula is C15H13NO7S. The summed E-state index contributed by atoms with van der Waals surface area (Å²) >= 11 is 0. The molecule has 9 heteroatoms. The van der Waals surface area contributed by atoms with E-state index in [-0.39, 0.29) is 28.3 Å². The first-order valence-electron chi connectivity index (χ1n) is 6.59. The molecule has 0 atom stereocenters. The van der Waals surface area contributed by atoms with Gasteiger partial charge in [0.1, 0.15) is 5.75 Å². The Bertz CT molecular complexity index is 889. The van der Waals surface area contributed by atoms with Gasteiger partial charge in [-0.2, -0.15) is 0 Å². The third-order valence-electron chi connectivity index (χ3n) is 3.07. The van der Waals surface area contributed by atoms with Crippen LogP contribution in [0.3, 0.4) is 0 Å². The molecule has 0 fully saturated rings. The molecule has 2 aromatic carbocycles. The number of nitrogens with one attached hydrogen (secondary N) is 1. The zero-order valence-corrected chi connectivity index (χ0v) is 12.9. The predicted molar refractivity (Wildman–Crippen MR) is 83.7 cm³/mol. The van der Waals surface area contributed by atoms with Crippen LogP contribution in [0.15, 0.2) is 47.4 Å². The van der Waals surface area contributed by atoms with E-state index in [0.717, 1.165) is 24.3 Å². The van der Waals surface area contributed by atoms with Gasteiger partial charge in [-0.15, -0.1) is 0 Å². The fraction of sp³-hybridized carbons (Fsp3) is 0.0667. The van der Waals surface area contributed by atoms with Gasteiger partial charge in [0, 0.05) is 0 Å². The van der Waals surface area contributed by atoms with Crippen molar-refractivity contribution in [1.29, 1.82) is 0 Å². The van der Waals surface area contributed by atoms with Gasteiger partial charge in [-0.1, -0.05) is 6.07 Å². The van der Waals surface area contributed by atoms with Crippen molar-refractivity contribution in [2.24, 2.45) is 0 Å². The van der Waals surface area contributed by atoms with Crippen LogP contribution < -0.4 is 4.72 Å². The summed E-state index contributed by atoms with van der Waals surface area (Å²) in [4.78, 5) is 21.3. The summed E-state index contributed by atoms with van der Waals surface area (Å²) in [7, 11) is -4.07. The molecule has 2 aromatic rings. The van der Waals surface area contributed by atoms with Crippen molar-refractivity contribution in [2.75, 3.05) is 4.72 Å². The van der Waals surface area contributed by atoms with Gasteiger partial charge in [0.15, 0.2) is 0 Å². The largest absolute Gasteiger partial charge is 0.506 e. The molecule has 0 aliphatic rings. The van der Waals surface area contributed by atoms with Crippen LogP contribution in [0, 0.1) is 0 Å². The fourth-order valence-electron chi connectivity index (χ4n) is 1.93. The van der Waals surface area contributed by atoms with E-state index >= 15 is 0 Å². The molecule has 0 saturated heterocycles. The van der Waals surface area contributed by atoms with Crippen molar-refractivity contribution in [2.45, 2.75) is 11.3 Å². The maximum absolute atomic E-state index is 12.3. The van der Waals surface area contributed by atoms with E-state index in [1.165, 1.54) is 18.2 Å².